The van der Waals surface area contributed by atoms with Gasteiger partial charge in [-0.2, -0.15) is 13.2 Å². The lowest BCUT2D eigenvalue weighted by Gasteiger charge is -2.30. The van der Waals surface area contributed by atoms with E-state index in [-0.39, 0.29) is 6.61 Å². The smallest absolute Gasteiger partial charge is 0.410 e. The maximum Gasteiger partial charge on any atom is 0.410 e. The van der Waals surface area contributed by atoms with Gasteiger partial charge in [0, 0.05) is 6.04 Å². The highest BCUT2D eigenvalue weighted by Gasteiger charge is 2.36. The van der Waals surface area contributed by atoms with Crippen LogP contribution in [0.15, 0.2) is 0 Å². The molecule has 0 spiro atoms. The monoisotopic (exact) mass is 241 g/mol. The Morgan fingerprint density at radius 1 is 1.25 bits per heavy atom. The second-order valence-corrected chi connectivity index (χ2v) is 3.41. The van der Waals surface area contributed by atoms with Gasteiger partial charge in [0.25, 0.3) is 0 Å². The Bertz CT molecular complexity index is 215. The summed E-state index contributed by atoms with van der Waals surface area (Å²) in [6.45, 7) is 3.88. The molecule has 0 radical (unpaired) electrons. The molecule has 0 aliphatic carbocycles. The molecular weight excluding hydrogens is 223 g/mol. The van der Waals surface area contributed by atoms with Gasteiger partial charge in [-0.15, -0.1) is 0 Å². The van der Waals surface area contributed by atoms with Crippen molar-refractivity contribution in [1.82, 2.24) is 4.90 Å². The highest BCUT2D eigenvalue weighted by Crippen LogP contribution is 2.21. The topological polar surface area (TPSA) is 29.5 Å². The molecular formula is C10H18F3NO2. The van der Waals surface area contributed by atoms with Gasteiger partial charge >= 0.3 is 12.3 Å². The zero-order valence-electron chi connectivity index (χ0n) is 9.80. The van der Waals surface area contributed by atoms with E-state index in [2.05, 4.69) is 4.74 Å². The van der Waals surface area contributed by atoms with Gasteiger partial charge in [-0.1, -0.05) is 13.8 Å². The fourth-order valence-electron chi connectivity index (χ4n) is 1.47. The summed E-state index contributed by atoms with van der Waals surface area (Å²) in [5.41, 5.74) is 0. The number of rotatable bonds is 5. The average Bonchev–Trinajstić information content (AvgIpc) is 2.16. The largest absolute Gasteiger partial charge is 0.450 e. The van der Waals surface area contributed by atoms with E-state index >= 15 is 0 Å². The van der Waals surface area contributed by atoms with E-state index in [9.17, 15) is 18.0 Å². The molecule has 6 heteroatoms. The summed E-state index contributed by atoms with van der Waals surface area (Å²) in [4.78, 5) is 12.1. The van der Waals surface area contributed by atoms with E-state index in [0.29, 0.717) is 12.8 Å². The molecule has 0 atom stereocenters. The first-order valence-electron chi connectivity index (χ1n) is 5.35. The molecule has 0 fully saturated rings. The van der Waals surface area contributed by atoms with Crippen molar-refractivity contribution >= 4 is 6.09 Å². The second kappa shape index (κ2) is 6.60. The van der Waals surface area contributed by atoms with Crippen LogP contribution in [0.5, 0.6) is 0 Å². The van der Waals surface area contributed by atoms with Crippen molar-refractivity contribution in [2.45, 2.75) is 45.8 Å². The maximum absolute atomic E-state index is 12.3. The Labute approximate surface area is 93.6 Å². The van der Waals surface area contributed by atoms with E-state index < -0.39 is 24.9 Å². The first-order chi connectivity index (χ1) is 7.35. The molecule has 0 heterocycles. The third-order valence-electron chi connectivity index (χ3n) is 2.24. The highest BCUT2D eigenvalue weighted by molar-refractivity contribution is 5.68. The molecule has 0 aliphatic heterocycles. The number of ether oxygens (including phenoxy) is 1. The van der Waals surface area contributed by atoms with E-state index in [1.807, 2.05) is 0 Å². The molecule has 0 saturated carbocycles. The summed E-state index contributed by atoms with van der Waals surface area (Å²) in [5, 5.41) is 0. The van der Waals surface area contributed by atoms with Crippen molar-refractivity contribution in [2.75, 3.05) is 13.2 Å². The quantitative estimate of drug-likeness (QED) is 0.739. The van der Waals surface area contributed by atoms with Gasteiger partial charge in [0.2, 0.25) is 0 Å². The lowest BCUT2D eigenvalue weighted by atomic mass is 10.1. The van der Waals surface area contributed by atoms with Gasteiger partial charge < -0.3 is 4.74 Å². The lowest BCUT2D eigenvalue weighted by molar-refractivity contribution is -0.147. The maximum atomic E-state index is 12.3. The summed E-state index contributed by atoms with van der Waals surface area (Å²) < 4.78 is 41.5. The minimum atomic E-state index is -4.39. The number of hydrogen-bond donors (Lipinski definition) is 0. The number of nitrogens with zero attached hydrogens (tertiary/aromatic N) is 1. The lowest BCUT2D eigenvalue weighted by Crippen LogP contribution is -2.45. The van der Waals surface area contributed by atoms with Crippen LogP contribution in [0.25, 0.3) is 0 Å². The van der Waals surface area contributed by atoms with Gasteiger partial charge in [0.15, 0.2) is 0 Å². The normalized spacial score (nSPS) is 11.7. The first kappa shape index (κ1) is 15.1. The van der Waals surface area contributed by atoms with Crippen molar-refractivity contribution in [3.05, 3.63) is 0 Å². The van der Waals surface area contributed by atoms with Crippen LogP contribution in [0.3, 0.4) is 0 Å². The third-order valence-corrected chi connectivity index (χ3v) is 2.24. The predicted molar refractivity (Wildman–Crippen MR) is 54.2 cm³/mol. The molecule has 0 aromatic carbocycles. The predicted octanol–water partition coefficient (Wildman–Crippen LogP) is 3.20. The molecule has 0 N–H and O–H groups in total. The molecule has 0 rings (SSSR count). The fourth-order valence-corrected chi connectivity index (χ4v) is 1.47. The van der Waals surface area contributed by atoms with Crippen molar-refractivity contribution in [2.24, 2.45) is 0 Å². The Morgan fingerprint density at radius 3 is 2.06 bits per heavy atom. The van der Waals surface area contributed by atoms with Gasteiger partial charge in [-0.3, -0.25) is 4.90 Å². The number of amides is 1. The molecule has 0 unspecified atom stereocenters. The van der Waals surface area contributed by atoms with Gasteiger partial charge in [-0.25, -0.2) is 4.79 Å². The molecule has 0 saturated heterocycles. The Morgan fingerprint density at radius 2 is 1.75 bits per heavy atom. The van der Waals surface area contributed by atoms with Crippen molar-refractivity contribution < 1.29 is 22.7 Å². The molecule has 0 aromatic heterocycles. The SMILES string of the molecule is CCOC(=O)N(CC(F)(F)F)C(CC)CC. The average molecular weight is 241 g/mol. The van der Waals surface area contributed by atoms with Crippen LogP contribution in [0.4, 0.5) is 18.0 Å². The fraction of sp³-hybridized carbons (Fsp3) is 0.900. The number of alkyl halides is 3. The van der Waals surface area contributed by atoms with E-state index in [1.165, 1.54) is 0 Å². The van der Waals surface area contributed by atoms with Crippen LogP contribution in [0.1, 0.15) is 33.6 Å². The van der Waals surface area contributed by atoms with Crippen LogP contribution >= 0.6 is 0 Å². The van der Waals surface area contributed by atoms with Crippen molar-refractivity contribution in [1.29, 1.82) is 0 Å². The van der Waals surface area contributed by atoms with Crippen LogP contribution in [-0.2, 0) is 4.74 Å². The highest BCUT2D eigenvalue weighted by atomic mass is 19.4. The number of halogens is 3. The molecule has 96 valence electrons. The Kier molecular flexibility index (Phi) is 6.21. The summed E-state index contributed by atoms with van der Waals surface area (Å²) in [6, 6.07) is -0.430. The zero-order valence-corrected chi connectivity index (χ0v) is 9.80. The summed E-state index contributed by atoms with van der Waals surface area (Å²) in [5.74, 6) is 0. The standard InChI is InChI=1S/C10H18F3NO2/c1-4-8(5-2)14(7-10(11,12)13)9(15)16-6-3/h8H,4-7H2,1-3H3. The summed E-state index contributed by atoms with van der Waals surface area (Å²) >= 11 is 0. The molecule has 1 amide bonds. The number of carbonyl (C=O) groups excluding carboxylic acids is 1. The van der Waals surface area contributed by atoms with Gasteiger partial charge in [-0.05, 0) is 19.8 Å². The second-order valence-electron chi connectivity index (χ2n) is 3.41. The van der Waals surface area contributed by atoms with Gasteiger partial charge in [0.05, 0.1) is 6.61 Å². The minimum Gasteiger partial charge on any atom is -0.450 e. The molecule has 0 aromatic rings. The van der Waals surface area contributed by atoms with Crippen LogP contribution in [0.2, 0.25) is 0 Å². The van der Waals surface area contributed by atoms with Gasteiger partial charge in [0.1, 0.15) is 6.54 Å². The molecule has 16 heavy (non-hydrogen) atoms. The first-order valence-corrected chi connectivity index (χ1v) is 5.35. The van der Waals surface area contributed by atoms with Crippen LogP contribution < -0.4 is 0 Å². The van der Waals surface area contributed by atoms with E-state index in [1.54, 1.807) is 20.8 Å². The molecule has 0 bridgehead atoms. The minimum absolute atomic E-state index is 0.0767. The summed E-state index contributed by atoms with van der Waals surface area (Å²) in [6.07, 6.45) is -4.33. The van der Waals surface area contributed by atoms with Crippen LogP contribution in [-0.4, -0.2) is 36.4 Å². The Balaban J connectivity index is 4.68. The summed E-state index contributed by atoms with van der Waals surface area (Å²) in [7, 11) is 0. The Hall–Kier alpha value is -0.940. The third kappa shape index (κ3) is 5.23. The number of carbonyl (C=O) groups is 1. The van der Waals surface area contributed by atoms with E-state index in [4.69, 9.17) is 0 Å². The molecule has 0 aliphatic rings. The van der Waals surface area contributed by atoms with Crippen molar-refractivity contribution in [3.8, 4) is 0 Å². The zero-order chi connectivity index (χ0) is 12.8. The number of hydrogen-bond acceptors (Lipinski definition) is 2. The van der Waals surface area contributed by atoms with Crippen molar-refractivity contribution in [3.63, 3.8) is 0 Å². The van der Waals surface area contributed by atoms with E-state index in [0.717, 1.165) is 4.90 Å². The van der Waals surface area contributed by atoms with Crippen LogP contribution in [0, 0.1) is 0 Å². The molecule has 3 nitrogen and oxygen atoms in total.